The van der Waals surface area contributed by atoms with Gasteiger partial charge in [-0.15, -0.1) is 0 Å². The summed E-state index contributed by atoms with van der Waals surface area (Å²) in [5.74, 6) is 0. The standard InChI is InChI=1S/C5H12NO2PSi/c1-10(2,3)8-9-6-4-5-7-9/h4-6H,1-3H3. The van der Waals surface area contributed by atoms with Crippen LogP contribution in [0.25, 0.3) is 0 Å². The van der Waals surface area contributed by atoms with Crippen molar-refractivity contribution in [2.45, 2.75) is 19.6 Å². The summed E-state index contributed by atoms with van der Waals surface area (Å²) in [6.45, 7) is 6.41. The first-order valence-electron chi connectivity index (χ1n) is 3.15. The first-order valence-corrected chi connectivity index (χ1v) is 7.74. The van der Waals surface area contributed by atoms with Gasteiger partial charge < -0.3 is 13.8 Å². The van der Waals surface area contributed by atoms with E-state index in [1.54, 1.807) is 12.5 Å². The summed E-state index contributed by atoms with van der Waals surface area (Å²) in [5, 5.41) is 2.99. The molecule has 1 aliphatic rings. The lowest BCUT2D eigenvalue weighted by Crippen LogP contribution is -2.23. The van der Waals surface area contributed by atoms with Gasteiger partial charge in [-0.25, -0.2) is 0 Å². The van der Waals surface area contributed by atoms with Crippen molar-refractivity contribution in [1.82, 2.24) is 5.09 Å². The summed E-state index contributed by atoms with van der Waals surface area (Å²) in [5.41, 5.74) is 0. The maximum Gasteiger partial charge on any atom is 0.338 e. The zero-order valence-electron chi connectivity index (χ0n) is 6.42. The minimum atomic E-state index is -1.42. The topological polar surface area (TPSA) is 30.5 Å². The van der Waals surface area contributed by atoms with E-state index < -0.39 is 16.8 Å². The minimum absolute atomic E-state index is 0.833. The van der Waals surface area contributed by atoms with Gasteiger partial charge in [-0.1, -0.05) is 0 Å². The average molecular weight is 177 g/mol. The Hall–Kier alpha value is -0.0531. The van der Waals surface area contributed by atoms with Gasteiger partial charge in [0.05, 0.1) is 0 Å². The quantitative estimate of drug-likeness (QED) is 0.518. The first-order chi connectivity index (χ1) is 4.58. The van der Waals surface area contributed by atoms with Crippen LogP contribution in [0.3, 0.4) is 0 Å². The number of hydrogen-bond acceptors (Lipinski definition) is 3. The van der Waals surface area contributed by atoms with Crippen LogP contribution >= 0.6 is 8.53 Å². The van der Waals surface area contributed by atoms with Gasteiger partial charge in [-0.2, -0.15) is 0 Å². The molecular weight excluding hydrogens is 165 g/mol. The van der Waals surface area contributed by atoms with Crippen molar-refractivity contribution in [3.8, 4) is 0 Å². The van der Waals surface area contributed by atoms with Crippen LogP contribution < -0.4 is 5.09 Å². The van der Waals surface area contributed by atoms with E-state index in [0.717, 1.165) is 0 Å². The monoisotopic (exact) mass is 177 g/mol. The molecule has 1 atom stereocenters. The maximum atomic E-state index is 5.61. The van der Waals surface area contributed by atoms with Crippen LogP contribution in [0.4, 0.5) is 0 Å². The third-order valence-corrected chi connectivity index (χ3v) is 4.29. The molecule has 58 valence electrons. The largest absolute Gasteiger partial charge is 0.439 e. The lowest BCUT2D eigenvalue weighted by atomic mass is 11.0. The van der Waals surface area contributed by atoms with E-state index in [1.807, 2.05) is 0 Å². The van der Waals surface area contributed by atoms with Crippen LogP contribution in [0.15, 0.2) is 12.5 Å². The SMILES string of the molecule is C[Si](C)(C)OP1NC=CO1. The van der Waals surface area contributed by atoms with E-state index in [2.05, 4.69) is 24.7 Å². The van der Waals surface area contributed by atoms with Gasteiger partial charge in [0.2, 0.25) is 0 Å². The lowest BCUT2D eigenvalue weighted by molar-refractivity contribution is 0.452. The predicted octanol–water partition coefficient (Wildman–Crippen LogP) is 2.16. The van der Waals surface area contributed by atoms with E-state index in [0.29, 0.717) is 0 Å². The van der Waals surface area contributed by atoms with Gasteiger partial charge in [0, 0.05) is 6.20 Å². The molecule has 10 heavy (non-hydrogen) atoms. The second-order valence-corrected chi connectivity index (χ2v) is 8.94. The molecule has 0 saturated heterocycles. The van der Waals surface area contributed by atoms with Gasteiger partial charge in [0.1, 0.15) is 6.26 Å². The molecule has 1 unspecified atom stereocenters. The molecule has 3 nitrogen and oxygen atoms in total. The van der Waals surface area contributed by atoms with Crippen molar-refractivity contribution in [3.63, 3.8) is 0 Å². The average Bonchev–Trinajstić information content (AvgIpc) is 2.12. The summed E-state index contributed by atoms with van der Waals surface area (Å²) >= 11 is 0. The molecule has 1 aliphatic heterocycles. The lowest BCUT2D eigenvalue weighted by Gasteiger charge is -2.20. The Kier molecular flexibility index (Phi) is 2.34. The second kappa shape index (κ2) is 2.90. The summed E-state index contributed by atoms with van der Waals surface area (Å²) in [7, 11) is -2.25. The predicted molar refractivity (Wildman–Crippen MR) is 44.7 cm³/mol. The number of nitrogens with one attached hydrogen (secondary N) is 1. The van der Waals surface area contributed by atoms with Gasteiger partial charge in [0.15, 0.2) is 8.32 Å². The minimum Gasteiger partial charge on any atom is -0.439 e. The number of hydrogen-bond donors (Lipinski definition) is 1. The third kappa shape index (κ3) is 2.69. The fraction of sp³-hybridized carbons (Fsp3) is 0.600. The van der Waals surface area contributed by atoms with E-state index in [9.17, 15) is 0 Å². The summed E-state index contributed by atoms with van der Waals surface area (Å²) in [4.78, 5) is 0. The van der Waals surface area contributed by atoms with Gasteiger partial charge in [-0.05, 0) is 19.6 Å². The van der Waals surface area contributed by atoms with Crippen LogP contribution in [0.1, 0.15) is 0 Å². The van der Waals surface area contributed by atoms with Crippen LogP contribution in [0, 0.1) is 0 Å². The molecule has 0 fully saturated rings. The highest BCUT2D eigenvalue weighted by Gasteiger charge is 2.23. The molecule has 5 heteroatoms. The molecular formula is C5H12NO2PSi. The molecule has 0 spiro atoms. The van der Waals surface area contributed by atoms with Gasteiger partial charge >= 0.3 is 8.53 Å². The smallest absolute Gasteiger partial charge is 0.338 e. The molecule has 1 heterocycles. The zero-order valence-corrected chi connectivity index (χ0v) is 8.31. The third-order valence-electron chi connectivity index (χ3n) is 0.761. The van der Waals surface area contributed by atoms with Crippen LogP contribution in [-0.2, 0) is 8.74 Å². The van der Waals surface area contributed by atoms with E-state index in [-0.39, 0.29) is 0 Å². The molecule has 0 aromatic carbocycles. The van der Waals surface area contributed by atoms with Crippen molar-refractivity contribution in [1.29, 1.82) is 0 Å². The highest BCUT2D eigenvalue weighted by Crippen LogP contribution is 2.40. The van der Waals surface area contributed by atoms with Crippen molar-refractivity contribution in [2.75, 3.05) is 0 Å². The Balaban J connectivity index is 2.26. The molecule has 0 amide bonds. The molecule has 0 saturated carbocycles. The van der Waals surface area contributed by atoms with Crippen molar-refractivity contribution < 1.29 is 8.74 Å². The second-order valence-electron chi connectivity index (χ2n) is 3.00. The highest BCUT2D eigenvalue weighted by atomic mass is 31.2. The summed E-state index contributed by atoms with van der Waals surface area (Å²) < 4.78 is 10.7. The molecule has 0 aliphatic carbocycles. The van der Waals surface area contributed by atoms with Gasteiger partial charge in [0.25, 0.3) is 0 Å². The Morgan fingerprint density at radius 3 is 2.60 bits per heavy atom. The maximum absolute atomic E-state index is 5.61. The molecule has 0 bridgehead atoms. The Labute approximate surface area is 63.5 Å². The summed E-state index contributed by atoms with van der Waals surface area (Å²) in [6.07, 6.45) is 3.40. The fourth-order valence-corrected chi connectivity index (χ4v) is 3.29. The van der Waals surface area contributed by atoms with E-state index >= 15 is 0 Å². The van der Waals surface area contributed by atoms with E-state index in [4.69, 9.17) is 8.74 Å². The zero-order chi connectivity index (χ0) is 7.61. The Morgan fingerprint density at radius 1 is 1.50 bits per heavy atom. The van der Waals surface area contributed by atoms with Crippen molar-refractivity contribution in [3.05, 3.63) is 12.5 Å². The molecule has 1 N–H and O–H groups in total. The molecule has 0 aromatic rings. The molecule has 0 aromatic heterocycles. The highest BCUT2D eigenvalue weighted by molar-refractivity contribution is 7.47. The molecule has 1 rings (SSSR count). The molecule has 0 radical (unpaired) electrons. The number of rotatable bonds is 2. The first kappa shape index (κ1) is 8.05. The van der Waals surface area contributed by atoms with Crippen LogP contribution in [-0.4, -0.2) is 8.32 Å². The Bertz CT molecular complexity index is 137. The van der Waals surface area contributed by atoms with Crippen molar-refractivity contribution >= 4 is 16.8 Å². The van der Waals surface area contributed by atoms with Gasteiger partial charge in [-0.3, -0.25) is 0 Å². The fourth-order valence-electron chi connectivity index (χ4n) is 0.504. The van der Waals surface area contributed by atoms with Crippen molar-refractivity contribution in [2.24, 2.45) is 0 Å². The summed E-state index contributed by atoms with van der Waals surface area (Å²) in [6, 6.07) is 0. The Morgan fingerprint density at radius 2 is 2.20 bits per heavy atom. The normalized spacial score (nSPS) is 24.1. The van der Waals surface area contributed by atoms with Crippen LogP contribution in [0.2, 0.25) is 19.6 Å². The van der Waals surface area contributed by atoms with Crippen LogP contribution in [0.5, 0.6) is 0 Å². The van der Waals surface area contributed by atoms with E-state index in [1.165, 1.54) is 0 Å².